The Morgan fingerprint density at radius 1 is 1.20 bits per heavy atom. The molecule has 2 aromatic heterocycles. The van der Waals surface area contributed by atoms with E-state index in [2.05, 4.69) is 40.7 Å². The lowest BCUT2D eigenvalue weighted by molar-refractivity contribution is 0.626. The highest BCUT2D eigenvalue weighted by Gasteiger charge is 2.36. The molecule has 104 valence electrons. The van der Waals surface area contributed by atoms with E-state index in [4.69, 9.17) is 0 Å². The molecule has 0 unspecified atom stereocenters. The van der Waals surface area contributed by atoms with Gasteiger partial charge in [0.15, 0.2) is 5.16 Å². The van der Waals surface area contributed by atoms with Crippen LogP contribution in [0.3, 0.4) is 0 Å². The maximum Gasteiger partial charge on any atom is 0.197 e. The summed E-state index contributed by atoms with van der Waals surface area (Å²) in [5.41, 5.74) is 0. The average molecular weight is 352 g/mol. The van der Waals surface area contributed by atoms with E-state index in [0.717, 1.165) is 20.6 Å². The molecule has 0 radical (unpaired) electrons. The van der Waals surface area contributed by atoms with Crippen molar-refractivity contribution in [3.63, 3.8) is 0 Å². The van der Waals surface area contributed by atoms with Crippen LogP contribution in [0.5, 0.6) is 0 Å². The first kappa shape index (κ1) is 12.8. The van der Waals surface area contributed by atoms with E-state index in [1.165, 1.54) is 31.5 Å². The highest BCUT2D eigenvalue weighted by atomic mass is 79.9. The Morgan fingerprint density at radius 3 is 2.65 bits per heavy atom. The monoisotopic (exact) mass is 351 g/mol. The molecule has 2 aromatic rings. The lowest BCUT2D eigenvalue weighted by Crippen LogP contribution is -2.02. The molecule has 0 aliphatic heterocycles. The SMILES string of the molecule is Cc1nc(Br)cc(Sc2nnc(C3CC3)n2C2CC2)n1. The summed E-state index contributed by atoms with van der Waals surface area (Å²) in [6.07, 6.45) is 5.01. The molecule has 2 saturated carbocycles. The van der Waals surface area contributed by atoms with E-state index < -0.39 is 0 Å². The van der Waals surface area contributed by atoms with Gasteiger partial charge in [-0.15, -0.1) is 10.2 Å². The molecule has 4 rings (SSSR count). The fourth-order valence-corrected chi connectivity index (χ4v) is 3.89. The third kappa shape index (κ3) is 2.48. The zero-order chi connectivity index (χ0) is 13.7. The lowest BCUT2D eigenvalue weighted by atomic mass is 10.4. The first-order valence-electron chi connectivity index (χ1n) is 6.84. The molecule has 7 heteroatoms. The highest BCUT2D eigenvalue weighted by Crippen LogP contribution is 2.46. The Balaban J connectivity index is 1.68. The number of halogens is 1. The molecule has 2 heterocycles. The highest BCUT2D eigenvalue weighted by molar-refractivity contribution is 9.10. The van der Waals surface area contributed by atoms with Crippen LogP contribution >= 0.6 is 27.7 Å². The number of nitrogens with zero attached hydrogens (tertiary/aromatic N) is 5. The smallest absolute Gasteiger partial charge is 0.197 e. The van der Waals surface area contributed by atoms with E-state index >= 15 is 0 Å². The zero-order valence-electron chi connectivity index (χ0n) is 11.1. The molecule has 0 N–H and O–H groups in total. The summed E-state index contributed by atoms with van der Waals surface area (Å²) in [7, 11) is 0. The molecule has 0 bridgehead atoms. The van der Waals surface area contributed by atoms with Gasteiger partial charge in [-0.3, -0.25) is 0 Å². The van der Waals surface area contributed by atoms with Gasteiger partial charge in [-0.2, -0.15) is 0 Å². The normalized spacial score (nSPS) is 18.5. The van der Waals surface area contributed by atoms with Crippen LogP contribution in [-0.4, -0.2) is 24.7 Å². The zero-order valence-corrected chi connectivity index (χ0v) is 13.5. The molecule has 2 fully saturated rings. The molecule has 20 heavy (non-hydrogen) atoms. The molecule has 2 aliphatic rings. The second-order valence-corrected chi connectivity index (χ2v) is 7.19. The minimum absolute atomic E-state index is 0.606. The van der Waals surface area contributed by atoms with Gasteiger partial charge >= 0.3 is 0 Å². The number of rotatable bonds is 4. The number of hydrogen-bond donors (Lipinski definition) is 0. The topological polar surface area (TPSA) is 56.5 Å². The lowest BCUT2D eigenvalue weighted by Gasteiger charge is -2.07. The summed E-state index contributed by atoms with van der Waals surface area (Å²) in [5.74, 6) is 2.58. The van der Waals surface area contributed by atoms with Crippen molar-refractivity contribution in [3.8, 4) is 0 Å². The predicted octanol–water partition coefficient (Wildman–Crippen LogP) is 3.50. The van der Waals surface area contributed by atoms with Crippen LogP contribution < -0.4 is 0 Å². The third-order valence-corrected chi connectivity index (χ3v) is 4.81. The average Bonchev–Trinajstić information content (AvgIpc) is 3.28. The Kier molecular flexibility index (Phi) is 3.07. The molecule has 0 spiro atoms. The molecule has 2 aliphatic carbocycles. The van der Waals surface area contributed by atoms with E-state index in [-0.39, 0.29) is 0 Å². The fourth-order valence-electron chi connectivity index (χ4n) is 2.31. The van der Waals surface area contributed by atoms with Crippen molar-refractivity contribution in [3.05, 3.63) is 22.3 Å². The van der Waals surface area contributed by atoms with Crippen LogP contribution in [-0.2, 0) is 0 Å². The largest absolute Gasteiger partial charge is 0.302 e. The number of aryl methyl sites for hydroxylation is 1. The number of hydrogen-bond acceptors (Lipinski definition) is 5. The van der Waals surface area contributed by atoms with Gasteiger partial charge in [0.05, 0.1) is 0 Å². The first-order chi connectivity index (χ1) is 9.70. The van der Waals surface area contributed by atoms with Crippen LogP contribution in [0.1, 0.15) is 49.3 Å². The third-order valence-electron chi connectivity index (χ3n) is 3.52. The van der Waals surface area contributed by atoms with Crippen molar-refractivity contribution >= 4 is 27.7 Å². The summed E-state index contributed by atoms with van der Waals surface area (Å²) in [4.78, 5) is 8.70. The molecule has 0 aromatic carbocycles. The summed E-state index contributed by atoms with van der Waals surface area (Å²) in [6, 6.07) is 2.54. The summed E-state index contributed by atoms with van der Waals surface area (Å²) in [6.45, 7) is 1.90. The maximum atomic E-state index is 4.46. The van der Waals surface area contributed by atoms with Crippen molar-refractivity contribution in [2.75, 3.05) is 0 Å². The van der Waals surface area contributed by atoms with Gasteiger partial charge in [0.2, 0.25) is 0 Å². The Hall–Kier alpha value is -0.950. The fraction of sp³-hybridized carbons (Fsp3) is 0.538. The molecule has 5 nitrogen and oxygen atoms in total. The van der Waals surface area contributed by atoms with E-state index in [9.17, 15) is 0 Å². The van der Waals surface area contributed by atoms with Crippen molar-refractivity contribution in [2.24, 2.45) is 0 Å². The molecule has 0 saturated heterocycles. The first-order valence-corrected chi connectivity index (χ1v) is 8.45. The van der Waals surface area contributed by atoms with E-state index in [0.29, 0.717) is 12.0 Å². The minimum atomic E-state index is 0.606. The summed E-state index contributed by atoms with van der Waals surface area (Å²) < 4.78 is 3.15. The van der Waals surface area contributed by atoms with E-state index in [1.54, 1.807) is 11.8 Å². The van der Waals surface area contributed by atoms with Gasteiger partial charge in [0.1, 0.15) is 21.3 Å². The molecular formula is C13H14BrN5S. The standard InChI is InChI=1S/C13H14BrN5S/c1-7-15-10(14)6-11(16-7)20-13-18-17-12(8-2-3-8)19(13)9-4-5-9/h6,8-9H,2-5H2,1H3. The van der Waals surface area contributed by atoms with Crippen molar-refractivity contribution in [2.45, 2.75) is 54.7 Å². The predicted molar refractivity (Wildman–Crippen MR) is 78.9 cm³/mol. The van der Waals surface area contributed by atoms with Gasteiger partial charge in [0.25, 0.3) is 0 Å². The van der Waals surface area contributed by atoms with Crippen molar-refractivity contribution < 1.29 is 0 Å². The maximum absolute atomic E-state index is 4.46. The summed E-state index contributed by atoms with van der Waals surface area (Å²) >= 11 is 5.00. The van der Waals surface area contributed by atoms with Crippen LogP contribution in [0.15, 0.2) is 20.9 Å². The second-order valence-electron chi connectivity index (χ2n) is 5.39. The molecular weight excluding hydrogens is 338 g/mol. The van der Waals surface area contributed by atoms with Gasteiger partial charge in [0, 0.05) is 18.0 Å². The Bertz CT molecular complexity index is 643. The van der Waals surface area contributed by atoms with Gasteiger partial charge < -0.3 is 4.57 Å². The van der Waals surface area contributed by atoms with Gasteiger partial charge in [-0.1, -0.05) is 0 Å². The Morgan fingerprint density at radius 2 is 2.00 bits per heavy atom. The van der Waals surface area contributed by atoms with Crippen LogP contribution in [0.2, 0.25) is 0 Å². The number of aromatic nitrogens is 5. The summed E-state index contributed by atoms with van der Waals surface area (Å²) in [5, 5.41) is 10.7. The van der Waals surface area contributed by atoms with Crippen molar-refractivity contribution in [1.82, 2.24) is 24.7 Å². The van der Waals surface area contributed by atoms with Crippen molar-refractivity contribution in [1.29, 1.82) is 0 Å². The Labute approximate surface area is 129 Å². The minimum Gasteiger partial charge on any atom is -0.302 e. The second kappa shape index (κ2) is 4.80. The van der Waals surface area contributed by atoms with Crippen LogP contribution in [0.4, 0.5) is 0 Å². The van der Waals surface area contributed by atoms with Gasteiger partial charge in [-0.25, -0.2) is 9.97 Å². The van der Waals surface area contributed by atoms with E-state index in [1.807, 2.05) is 13.0 Å². The van der Waals surface area contributed by atoms with Gasteiger partial charge in [-0.05, 0) is 60.3 Å². The van der Waals surface area contributed by atoms with Crippen LogP contribution in [0, 0.1) is 6.92 Å². The quantitative estimate of drug-likeness (QED) is 0.789. The molecule has 0 amide bonds. The van der Waals surface area contributed by atoms with Crippen LogP contribution in [0.25, 0.3) is 0 Å². The molecule has 0 atom stereocenters.